The minimum Gasteiger partial charge on any atom is -0.481 e. The number of carboxylic acids is 1. The Morgan fingerprint density at radius 1 is 1.37 bits per heavy atom. The molecule has 0 bridgehead atoms. The van der Waals surface area contributed by atoms with Crippen LogP contribution >= 0.6 is 0 Å². The van der Waals surface area contributed by atoms with Gasteiger partial charge in [0.05, 0.1) is 5.56 Å². The van der Waals surface area contributed by atoms with Gasteiger partial charge in [-0.2, -0.15) is 13.2 Å². The molecule has 0 atom stereocenters. The molecule has 0 saturated heterocycles. The van der Waals surface area contributed by atoms with Crippen LogP contribution in [-0.2, 0) is 11.0 Å². The Morgan fingerprint density at radius 3 is 2.11 bits per heavy atom. The van der Waals surface area contributed by atoms with Crippen molar-refractivity contribution in [1.29, 1.82) is 0 Å². The van der Waals surface area contributed by atoms with Crippen LogP contribution < -0.4 is 11.5 Å². The van der Waals surface area contributed by atoms with Gasteiger partial charge in [-0.1, -0.05) is 6.92 Å². The lowest BCUT2D eigenvalue weighted by molar-refractivity contribution is -0.141. The molecule has 0 aliphatic carbocycles. The average Bonchev–Trinajstić information content (AvgIpc) is 2.27. The highest BCUT2D eigenvalue weighted by atomic mass is 19.4. The summed E-state index contributed by atoms with van der Waals surface area (Å²) in [6.45, 7) is 1.60. The molecular formula is C10H12F3N3O3. The highest BCUT2D eigenvalue weighted by molar-refractivity contribution is 5.97. The number of carbonyl (C=O) groups excluding carboxylic acids is 1. The molecule has 19 heavy (non-hydrogen) atoms. The SMILES string of the molecule is CCC(=O)O.NC(=O)c1ccc(C(F)(F)F)nc1N. The highest BCUT2D eigenvalue weighted by Gasteiger charge is 2.33. The lowest BCUT2D eigenvalue weighted by Gasteiger charge is -2.07. The van der Waals surface area contributed by atoms with Crippen molar-refractivity contribution in [2.24, 2.45) is 5.73 Å². The van der Waals surface area contributed by atoms with Crippen molar-refractivity contribution >= 4 is 17.7 Å². The van der Waals surface area contributed by atoms with Gasteiger partial charge in [-0.3, -0.25) is 9.59 Å². The van der Waals surface area contributed by atoms with Crippen LogP contribution in [0.3, 0.4) is 0 Å². The van der Waals surface area contributed by atoms with Gasteiger partial charge in [0.2, 0.25) is 0 Å². The summed E-state index contributed by atoms with van der Waals surface area (Å²) in [7, 11) is 0. The molecule has 1 heterocycles. The van der Waals surface area contributed by atoms with Gasteiger partial charge in [0, 0.05) is 6.42 Å². The van der Waals surface area contributed by atoms with Crippen molar-refractivity contribution in [2.45, 2.75) is 19.5 Å². The molecule has 5 N–H and O–H groups in total. The van der Waals surface area contributed by atoms with E-state index in [0.29, 0.717) is 6.07 Å². The van der Waals surface area contributed by atoms with Crippen LogP contribution in [0.15, 0.2) is 12.1 Å². The van der Waals surface area contributed by atoms with Gasteiger partial charge in [0.25, 0.3) is 5.91 Å². The third-order valence-corrected chi connectivity index (χ3v) is 1.78. The van der Waals surface area contributed by atoms with Crippen LogP contribution in [-0.4, -0.2) is 22.0 Å². The number of primary amides is 1. The van der Waals surface area contributed by atoms with E-state index in [1.54, 1.807) is 6.92 Å². The first-order valence-corrected chi connectivity index (χ1v) is 4.94. The number of aromatic nitrogens is 1. The third-order valence-electron chi connectivity index (χ3n) is 1.78. The van der Waals surface area contributed by atoms with Crippen molar-refractivity contribution in [3.05, 3.63) is 23.4 Å². The minimum absolute atomic E-state index is 0.222. The predicted octanol–water partition coefficient (Wildman–Crippen LogP) is 1.26. The second-order valence-electron chi connectivity index (χ2n) is 3.24. The summed E-state index contributed by atoms with van der Waals surface area (Å²) in [4.78, 5) is 23.0. The van der Waals surface area contributed by atoms with E-state index >= 15 is 0 Å². The first-order chi connectivity index (χ1) is 8.59. The van der Waals surface area contributed by atoms with E-state index in [2.05, 4.69) is 4.98 Å². The van der Waals surface area contributed by atoms with Gasteiger partial charge >= 0.3 is 12.1 Å². The molecule has 0 aromatic carbocycles. The van der Waals surface area contributed by atoms with E-state index in [4.69, 9.17) is 16.6 Å². The number of nitrogens with zero attached hydrogens (tertiary/aromatic N) is 1. The van der Waals surface area contributed by atoms with Crippen molar-refractivity contribution < 1.29 is 27.9 Å². The Labute approximate surface area is 106 Å². The number of nitrogen functional groups attached to an aromatic ring is 1. The lowest BCUT2D eigenvalue weighted by Crippen LogP contribution is -2.17. The van der Waals surface area contributed by atoms with Gasteiger partial charge in [-0.05, 0) is 12.1 Å². The van der Waals surface area contributed by atoms with Gasteiger partial charge < -0.3 is 16.6 Å². The molecule has 0 saturated carbocycles. The van der Waals surface area contributed by atoms with Crippen LogP contribution in [0.4, 0.5) is 19.0 Å². The zero-order valence-electron chi connectivity index (χ0n) is 9.86. The number of rotatable bonds is 2. The van der Waals surface area contributed by atoms with E-state index in [1.807, 2.05) is 0 Å². The van der Waals surface area contributed by atoms with E-state index < -0.39 is 29.6 Å². The molecule has 0 aliphatic rings. The van der Waals surface area contributed by atoms with Crippen LogP contribution in [0.25, 0.3) is 0 Å². The number of carboxylic acid groups (broad SMARTS) is 1. The van der Waals surface area contributed by atoms with Gasteiger partial charge in [-0.25, -0.2) is 4.98 Å². The quantitative estimate of drug-likeness (QED) is 0.752. The maximum atomic E-state index is 12.1. The second-order valence-corrected chi connectivity index (χ2v) is 3.24. The Kier molecular flexibility index (Phi) is 5.77. The summed E-state index contributed by atoms with van der Waals surface area (Å²) < 4.78 is 36.2. The highest BCUT2D eigenvalue weighted by Crippen LogP contribution is 2.28. The molecule has 0 fully saturated rings. The molecule has 9 heteroatoms. The minimum atomic E-state index is -4.58. The number of carbonyl (C=O) groups is 2. The fourth-order valence-electron chi connectivity index (χ4n) is 0.841. The Morgan fingerprint density at radius 2 is 1.84 bits per heavy atom. The fourth-order valence-corrected chi connectivity index (χ4v) is 0.841. The Hall–Kier alpha value is -2.32. The molecule has 1 aromatic rings. The number of anilines is 1. The van der Waals surface area contributed by atoms with E-state index in [-0.39, 0.29) is 12.0 Å². The van der Waals surface area contributed by atoms with Crippen molar-refractivity contribution in [2.75, 3.05) is 5.73 Å². The van der Waals surface area contributed by atoms with E-state index in [1.165, 1.54) is 0 Å². The number of hydrogen-bond acceptors (Lipinski definition) is 4. The Bertz CT molecular complexity index is 475. The number of nitrogens with two attached hydrogens (primary N) is 2. The number of amides is 1. The van der Waals surface area contributed by atoms with Crippen molar-refractivity contribution in [3.8, 4) is 0 Å². The van der Waals surface area contributed by atoms with Crippen LogP contribution in [0, 0.1) is 0 Å². The number of pyridine rings is 1. The van der Waals surface area contributed by atoms with Gasteiger partial charge in [-0.15, -0.1) is 0 Å². The first-order valence-electron chi connectivity index (χ1n) is 4.94. The maximum Gasteiger partial charge on any atom is 0.433 e. The van der Waals surface area contributed by atoms with Crippen molar-refractivity contribution in [1.82, 2.24) is 4.98 Å². The fraction of sp³-hybridized carbons (Fsp3) is 0.300. The van der Waals surface area contributed by atoms with Gasteiger partial charge in [0.15, 0.2) is 0 Å². The largest absolute Gasteiger partial charge is 0.481 e. The number of alkyl halides is 3. The second kappa shape index (κ2) is 6.57. The number of hydrogen-bond donors (Lipinski definition) is 3. The normalized spacial score (nSPS) is 10.3. The zero-order chi connectivity index (χ0) is 15.2. The molecule has 0 aliphatic heterocycles. The molecule has 0 unspecified atom stereocenters. The van der Waals surface area contributed by atoms with Crippen LogP contribution in [0.1, 0.15) is 29.4 Å². The van der Waals surface area contributed by atoms with Crippen molar-refractivity contribution in [3.63, 3.8) is 0 Å². The third kappa shape index (κ3) is 5.70. The molecule has 1 amide bonds. The van der Waals surface area contributed by atoms with Gasteiger partial charge in [0.1, 0.15) is 11.5 Å². The van der Waals surface area contributed by atoms with Crippen LogP contribution in [0.5, 0.6) is 0 Å². The molecule has 106 valence electrons. The summed E-state index contributed by atoms with van der Waals surface area (Å²) in [5.74, 6) is -2.18. The number of halogens is 3. The molecule has 1 aromatic heterocycles. The summed E-state index contributed by atoms with van der Waals surface area (Å²) >= 11 is 0. The average molecular weight is 279 g/mol. The zero-order valence-corrected chi connectivity index (χ0v) is 9.86. The molecule has 6 nitrogen and oxygen atoms in total. The molecule has 0 spiro atoms. The summed E-state index contributed by atoms with van der Waals surface area (Å²) in [5.41, 5.74) is 8.56. The standard InChI is InChI=1S/C7H6F3N3O.C3H6O2/c8-7(9,10)4-2-1-3(6(12)14)5(11)13-4;1-2-3(4)5/h1-2H,(H2,11,13)(H2,12,14);2H2,1H3,(H,4,5). The monoisotopic (exact) mass is 279 g/mol. The summed E-state index contributed by atoms with van der Waals surface area (Å²) in [6.07, 6.45) is -4.36. The Balaban J connectivity index is 0.000000555. The first kappa shape index (κ1) is 16.7. The number of aliphatic carboxylic acids is 1. The van der Waals surface area contributed by atoms with E-state index in [0.717, 1.165) is 6.07 Å². The van der Waals surface area contributed by atoms with Crippen LogP contribution in [0.2, 0.25) is 0 Å². The lowest BCUT2D eigenvalue weighted by atomic mass is 10.2. The topological polar surface area (TPSA) is 119 Å². The molecule has 1 rings (SSSR count). The maximum absolute atomic E-state index is 12.1. The smallest absolute Gasteiger partial charge is 0.433 e. The summed E-state index contributed by atoms with van der Waals surface area (Å²) in [6, 6.07) is 1.55. The predicted molar refractivity (Wildman–Crippen MR) is 60.1 cm³/mol. The molecular weight excluding hydrogens is 267 g/mol. The summed E-state index contributed by atoms with van der Waals surface area (Å²) in [5, 5.41) is 7.72. The van der Waals surface area contributed by atoms with E-state index in [9.17, 15) is 22.8 Å². The molecule has 0 radical (unpaired) electrons.